The summed E-state index contributed by atoms with van der Waals surface area (Å²) in [4.78, 5) is 9.26. The van der Waals surface area contributed by atoms with Crippen LogP contribution in [0.4, 0.5) is 0 Å². The summed E-state index contributed by atoms with van der Waals surface area (Å²) in [5, 5.41) is 0. The maximum Gasteiger partial charge on any atom is 0.0890 e. The highest BCUT2D eigenvalue weighted by molar-refractivity contribution is 5.74. The predicted molar refractivity (Wildman–Crippen MR) is 63.0 cm³/mol. The predicted octanol–water partition coefficient (Wildman–Crippen LogP) is 3.24. The fraction of sp³-hybridized carbons (Fsp3) is 0.385. The SMILES string of the molecule is Cc1nc2ccccc2nc1C(C)(C)C. The van der Waals surface area contributed by atoms with Gasteiger partial charge in [-0.05, 0) is 19.1 Å². The van der Waals surface area contributed by atoms with Crippen LogP contribution in [0.3, 0.4) is 0 Å². The molecule has 0 unspecified atom stereocenters. The minimum absolute atomic E-state index is 0.0567. The Kier molecular flexibility index (Phi) is 2.22. The van der Waals surface area contributed by atoms with Crippen LogP contribution in [0.1, 0.15) is 32.2 Å². The molecule has 0 aliphatic rings. The largest absolute Gasteiger partial charge is 0.250 e. The Hall–Kier alpha value is -1.44. The lowest BCUT2D eigenvalue weighted by Crippen LogP contribution is -2.16. The quantitative estimate of drug-likeness (QED) is 0.652. The summed E-state index contributed by atoms with van der Waals surface area (Å²) in [7, 11) is 0. The van der Waals surface area contributed by atoms with E-state index in [-0.39, 0.29) is 5.41 Å². The van der Waals surface area contributed by atoms with Gasteiger partial charge in [0.05, 0.1) is 22.4 Å². The number of para-hydroxylation sites is 2. The van der Waals surface area contributed by atoms with Crippen LogP contribution in [-0.4, -0.2) is 9.97 Å². The number of hydrogen-bond donors (Lipinski definition) is 0. The van der Waals surface area contributed by atoms with E-state index >= 15 is 0 Å². The molecule has 0 atom stereocenters. The van der Waals surface area contributed by atoms with Crippen molar-refractivity contribution in [2.24, 2.45) is 0 Å². The van der Waals surface area contributed by atoms with Crippen LogP contribution in [0.15, 0.2) is 24.3 Å². The van der Waals surface area contributed by atoms with E-state index in [1.165, 1.54) is 0 Å². The van der Waals surface area contributed by atoms with Gasteiger partial charge in [-0.25, -0.2) is 9.97 Å². The third kappa shape index (κ3) is 1.84. The topological polar surface area (TPSA) is 25.8 Å². The number of hydrogen-bond acceptors (Lipinski definition) is 2. The van der Waals surface area contributed by atoms with Crippen LogP contribution in [0.5, 0.6) is 0 Å². The fourth-order valence-corrected chi connectivity index (χ4v) is 1.80. The van der Waals surface area contributed by atoms with Gasteiger partial charge < -0.3 is 0 Å². The normalized spacial score (nSPS) is 12.0. The van der Waals surface area contributed by atoms with Gasteiger partial charge in [-0.1, -0.05) is 32.9 Å². The Morgan fingerprint density at radius 3 is 2.00 bits per heavy atom. The van der Waals surface area contributed by atoms with Gasteiger partial charge in [-0.15, -0.1) is 0 Å². The van der Waals surface area contributed by atoms with Crippen LogP contribution < -0.4 is 0 Å². The monoisotopic (exact) mass is 200 g/mol. The molecule has 0 amide bonds. The average Bonchev–Trinajstić information content (AvgIpc) is 2.15. The molecule has 0 bridgehead atoms. The van der Waals surface area contributed by atoms with Gasteiger partial charge in [-0.2, -0.15) is 0 Å². The Bertz CT molecular complexity index is 495. The molecule has 0 aliphatic heterocycles. The third-order valence-corrected chi connectivity index (χ3v) is 2.46. The number of fused-ring (bicyclic) bond motifs is 1. The lowest BCUT2D eigenvalue weighted by atomic mass is 9.90. The van der Waals surface area contributed by atoms with E-state index in [2.05, 4.69) is 30.7 Å². The Labute approximate surface area is 90.4 Å². The van der Waals surface area contributed by atoms with Crippen molar-refractivity contribution in [1.29, 1.82) is 0 Å². The molecule has 0 spiro atoms. The van der Waals surface area contributed by atoms with E-state index in [0.717, 1.165) is 22.4 Å². The molecule has 0 fully saturated rings. The number of aromatic nitrogens is 2. The molecular weight excluding hydrogens is 184 g/mol. The van der Waals surface area contributed by atoms with Gasteiger partial charge in [0.25, 0.3) is 0 Å². The summed E-state index contributed by atoms with van der Waals surface area (Å²) in [5.41, 5.74) is 4.12. The van der Waals surface area contributed by atoms with Crippen LogP contribution in [0.25, 0.3) is 11.0 Å². The summed E-state index contributed by atoms with van der Waals surface area (Å²) in [6.07, 6.45) is 0. The molecule has 15 heavy (non-hydrogen) atoms. The molecule has 0 saturated carbocycles. The summed E-state index contributed by atoms with van der Waals surface area (Å²) in [6, 6.07) is 8.00. The maximum absolute atomic E-state index is 4.68. The van der Waals surface area contributed by atoms with Crippen LogP contribution in [0.2, 0.25) is 0 Å². The molecule has 0 radical (unpaired) electrons. The number of benzene rings is 1. The fourth-order valence-electron chi connectivity index (χ4n) is 1.80. The second-order valence-corrected chi connectivity index (χ2v) is 4.90. The van der Waals surface area contributed by atoms with E-state index in [1.807, 2.05) is 31.2 Å². The first-order valence-electron chi connectivity index (χ1n) is 5.22. The summed E-state index contributed by atoms with van der Waals surface area (Å²) in [6.45, 7) is 8.52. The summed E-state index contributed by atoms with van der Waals surface area (Å²) in [5.74, 6) is 0. The van der Waals surface area contributed by atoms with Crippen molar-refractivity contribution in [3.63, 3.8) is 0 Å². The molecule has 2 heteroatoms. The molecular formula is C13H16N2. The molecule has 1 aromatic carbocycles. The number of rotatable bonds is 0. The van der Waals surface area contributed by atoms with Crippen molar-refractivity contribution in [2.45, 2.75) is 33.1 Å². The lowest BCUT2D eigenvalue weighted by Gasteiger charge is -2.19. The van der Waals surface area contributed by atoms with Gasteiger partial charge in [0.1, 0.15) is 0 Å². The van der Waals surface area contributed by atoms with Crippen molar-refractivity contribution >= 4 is 11.0 Å². The molecule has 2 nitrogen and oxygen atoms in total. The smallest absolute Gasteiger partial charge is 0.0890 e. The number of aryl methyl sites for hydroxylation is 1. The first-order chi connectivity index (χ1) is 6.98. The standard InChI is InChI=1S/C13H16N2/c1-9-12(13(2,3)4)15-11-8-6-5-7-10(11)14-9/h5-8H,1-4H3. The Morgan fingerprint density at radius 1 is 0.933 bits per heavy atom. The molecule has 0 aliphatic carbocycles. The zero-order chi connectivity index (χ0) is 11.1. The van der Waals surface area contributed by atoms with Gasteiger partial charge in [0, 0.05) is 5.41 Å². The molecule has 0 N–H and O–H groups in total. The van der Waals surface area contributed by atoms with E-state index in [1.54, 1.807) is 0 Å². The van der Waals surface area contributed by atoms with Crippen molar-refractivity contribution in [2.75, 3.05) is 0 Å². The number of nitrogens with zero attached hydrogens (tertiary/aromatic N) is 2. The second-order valence-electron chi connectivity index (χ2n) is 4.90. The highest BCUT2D eigenvalue weighted by Gasteiger charge is 2.19. The van der Waals surface area contributed by atoms with Crippen molar-refractivity contribution < 1.29 is 0 Å². The Morgan fingerprint density at radius 2 is 1.47 bits per heavy atom. The van der Waals surface area contributed by atoms with Crippen LogP contribution in [0, 0.1) is 6.92 Å². The van der Waals surface area contributed by atoms with Crippen LogP contribution in [-0.2, 0) is 5.41 Å². The van der Waals surface area contributed by atoms with E-state index < -0.39 is 0 Å². The highest BCUT2D eigenvalue weighted by Crippen LogP contribution is 2.24. The summed E-state index contributed by atoms with van der Waals surface area (Å²) >= 11 is 0. The van der Waals surface area contributed by atoms with Crippen LogP contribution >= 0.6 is 0 Å². The molecule has 0 saturated heterocycles. The first-order valence-corrected chi connectivity index (χ1v) is 5.22. The third-order valence-electron chi connectivity index (χ3n) is 2.46. The van der Waals surface area contributed by atoms with E-state index in [9.17, 15) is 0 Å². The average molecular weight is 200 g/mol. The van der Waals surface area contributed by atoms with Crippen molar-refractivity contribution in [3.05, 3.63) is 35.7 Å². The minimum atomic E-state index is 0.0567. The highest BCUT2D eigenvalue weighted by atomic mass is 14.8. The lowest BCUT2D eigenvalue weighted by molar-refractivity contribution is 0.563. The molecule has 1 aromatic heterocycles. The Balaban J connectivity index is 2.73. The van der Waals surface area contributed by atoms with Crippen molar-refractivity contribution in [1.82, 2.24) is 9.97 Å². The van der Waals surface area contributed by atoms with Gasteiger partial charge >= 0.3 is 0 Å². The first kappa shape index (κ1) is 10.1. The molecule has 2 aromatic rings. The zero-order valence-electron chi connectivity index (χ0n) is 9.70. The van der Waals surface area contributed by atoms with Gasteiger partial charge in [0.15, 0.2) is 0 Å². The maximum atomic E-state index is 4.68. The van der Waals surface area contributed by atoms with Gasteiger partial charge in [0.2, 0.25) is 0 Å². The minimum Gasteiger partial charge on any atom is -0.250 e. The summed E-state index contributed by atoms with van der Waals surface area (Å²) < 4.78 is 0. The van der Waals surface area contributed by atoms with Crippen molar-refractivity contribution in [3.8, 4) is 0 Å². The second kappa shape index (κ2) is 3.30. The molecule has 2 rings (SSSR count). The van der Waals surface area contributed by atoms with E-state index in [4.69, 9.17) is 0 Å². The van der Waals surface area contributed by atoms with E-state index in [0.29, 0.717) is 0 Å². The zero-order valence-corrected chi connectivity index (χ0v) is 9.70. The van der Waals surface area contributed by atoms with Gasteiger partial charge in [-0.3, -0.25) is 0 Å². The molecule has 78 valence electrons. The molecule has 1 heterocycles.